The number of hydrogen-bond acceptors (Lipinski definition) is 3. The van der Waals surface area contributed by atoms with Crippen molar-refractivity contribution in [1.82, 2.24) is 0 Å². The van der Waals surface area contributed by atoms with Gasteiger partial charge in [0.2, 0.25) is 5.91 Å². The third-order valence-corrected chi connectivity index (χ3v) is 3.79. The molecule has 0 saturated carbocycles. The molecule has 0 spiro atoms. The van der Waals surface area contributed by atoms with Crippen LogP contribution in [0.3, 0.4) is 0 Å². The van der Waals surface area contributed by atoms with Crippen molar-refractivity contribution >= 4 is 17.3 Å². The van der Waals surface area contributed by atoms with E-state index in [1.54, 1.807) is 11.9 Å². The first kappa shape index (κ1) is 16.6. The molecule has 0 radical (unpaired) electrons. The Morgan fingerprint density at radius 3 is 2.04 bits per heavy atom. The number of nitrogens with one attached hydrogen (secondary N) is 1. The number of para-hydroxylation sites is 2. The number of anilines is 2. The van der Waals surface area contributed by atoms with Gasteiger partial charge in [-0.25, -0.2) is 0 Å². The maximum atomic E-state index is 12.3. The minimum absolute atomic E-state index is 0.00388. The molecule has 4 heteroatoms. The van der Waals surface area contributed by atoms with Gasteiger partial charge in [0.15, 0.2) is 0 Å². The summed E-state index contributed by atoms with van der Waals surface area (Å²) in [5.41, 5.74) is 1.75. The average Bonchev–Trinajstić information content (AvgIpc) is 2.68. The molecule has 0 atom stereocenters. The standard InChI is InChI=1S/C21H20N2O2/c1-23(18-8-4-2-5-9-18)21(24)16-22-17-12-14-20(15-13-17)25-19-10-6-3-7-11-19/h2-15,22H,16H2,1H3. The molecule has 0 bridgehead atoms. The van der Waals surface area contributed by atoms with Gasteiger partial charge < -0.3 is 15.0 Å². The number of ether oxygens (including phenoxy) is 1. The van der Waals surface area contributed by atoms with E-state index < -0.39 is 0 Å². The normalized spacial score (nSPS) is 10.1. The van der Waals surface area contributed by atoms with Gasteiger partial charge in [-0.3, -0.25) is 4.79 Å². The van der Waals surface area contributed by atoms with Crippen LogP contribution in [0.5, 0.6) is 11.5 Å². The third-order valence-electron chi connectivity index (χ3n) is 3.79. The lowest BCUT2D eigenvalue weighted by atomic mass is 10.3. The average molecular weight is 332 g/mol. The number of carbonyl (C=O) groups is 1. The molecular weight excluding hydrogens is 312 g/mol. The first-order valence-electron chi connectivity index (χ1n) is 8.11. The van der Waals surface area contributed by atoms with Gasteiger partial charge in [0.1, 0.15) is 11.5 Å². The number of benzene rings is 3. The minimum Gasteiger partial charge on any atom is -0.457 e. The van der Waals surface area contributed by atoms with Gasteiger partial charge in [0.05, 0.1) is 6.54 Å². The minimum atomic E-state index is -0.00388. The van der Waals surface area contributed by atoms with Gasteiger partial charge in [-0.15, -0.1) is 0 Å². The van der Waals surface area contributed by atoms with Crippen LogP contribution in [0.2, 0.25) is 0 Å². The highest BCUT2D eigenvalue weighted by atomic mass is 16.5. The highest BCUT2D eigenvalue weighted by molar-refractivity contribution is 5.95. The lowest BCUT2D eigenvalue weighted by molar-refractivity contribution is -0.116. The number of rotatable bonds is 6. The Morgan fingerprint density at radius 1 is 0.840 bits per heavy atom. The molecule has 25 heavy (non-hydrogen) atoms. The fourth-order valence-electron chi connectivity index (χ4n) is 2.36. The molecule has 0 aliphatic heterocycles. The van der Waals surface area contributed by atoms with Crippen molar-refractivity contribution in [3.05, 3.63) is 84.9 Å². The van der Waals surface area contributed by atoms with Gasteiger partial charge in [0.25, 0.3) is 0 Å². The summed E-state index contributed by atoms with van der Waals surface area (Å²) in [7, 11) is 1.77. The van der Waals surface area contributed by atoms with E-state index in [1.165, 1.54) is 0 Å². The lowest BCUT2D eigenvalue weighted by Gasteiger charge is -2.18. The van der Waals surface area contributed by atoms with E-state index in [1.807, 2.05) is 84.9 Å². The van der Waals surface area contributed by atoms with Crippen LogP contribution < -0.4 is 15.0 Å². The molecule has 1 N–H and O–H groups in total. The molecule has 0 aliphatic rings. The van der Waals surface area contributed by atoms with Crippen LogP contribution in [0, 0.1) is 0 Å². The molecule has 3 aromatic rings. The smallest absolute Gasteiger partial charge is 0.246 e. The summed E-state index contributed by atoms with van der Waals surface area (Å²) in [6.45, 7) is 0.226. The second-order valence-corrected chi connectivity index (χ2v) is 5.58. The molecule has 0 heterocycles. The monoisotopic (exact) mass is 332 g/mol. The van der Waals surface area contributed by atoms with Crippen LogP contribution in [0.25, 0.3) is 0 Å². The topological polar surface area (TPSA) is 41.6 Å². The second-order valence-electron chi connectivity index (χ2n) is 5.58. The van der Waals surface area contributed by atoms with Crippen molar-refractivity contribution in [3.63, 3.8) is 0 Å². The molecule has 0 aliphatic carbocycles. The Bertz CT molecular complexity index is 802. The lowest BCUT2D eigenvalue weighted by Crippen LogP contribution is -2.32. The number of hydrogen-bond donors (Lipinski definition) is 1. The van der Waals surface area contributed by atoms with Gasteiger partial charge in [-0.2, -0.15) is 0 Å². The predicted octanol–water partition coefficient (Wildman–Crippen LogP) is 4.55. The Labute approximate surface area is 147 Å². The molecular formula is C21H20N2O2. The maximum absolute atomic E-state index is 12.3. The van der Waals surface area contributed by atoms with Gasteiger partial charge in [-0.05, 0) is 48.5 Å². The SMILES string of the molecule is CN(C(=O)CNc1ccc(Oc2ccccc2)cc1)c1ccccc1. The zero-order valence-corrected chi connectivity index (χ0v) is 14.1. The Morgan fingerprint density at radius 2 is 1.40 bits per heavy atom. The molecule has 1 amide bonds. The summed E-state index contributed by atoms with van der Waals surface area (Å²) in [5.74, 6) is 1.54. The summed E-state index contributed by atoms with van der Waals surface area (Å²) in [5, 5.41) is 3.14. The van der Waals surface area contributed by atoms with Crippen molar-refractivity contribution in [1.29, 1.82) is 0 Å². The predicted molar refractivity (Wildman–Crippen MR) is 101 cm³/mol. The van der Waals surface area contributed by atoms with E-state index in [0.29, 0.717) is 0 Å². The molecule has 0 saturated heterocycles. The molecule has 3 rings (SSSR count). The number of carbonyl (C=O) groups excluding carboxylic acids is 1. The van der Waals surface area contributed by atoms with Gasteiger partial charge in [-0.1, -0.05) is 36.4 Å². The Kier molecular flexibility index (Phi) is 5.32. The quantitative estimate of drug-likeness (QED) is 0.720. The second kappa shape index (κ2) is 8.02. The van der Waals surface area contributed by atoms with Crippen LogP contribution in [0.1, 0.15) is 0 Å². The molecule has 0 aromatic heterocycles. The summed E-state index contributed by atoms with van der Waals surface area (Å²) < 4.78 is 5.75. The van der Waals surface area contributed by atoms with Crippen LogP contribution in [0.15, 0.2) is 84.9 Å². The van der Waals surface area contributed by atoms with Crippen molar-refractivity contribution in [2.24, 2.45) is 0 Å². The van der Waals surface area contributed by atoms with Crippen LogP contribution in [-0.2, 0) is 4.79 Å². The van der Waals surface area contributed by atoms with Gasteiger partial charge >= 0.3 is 0 Å². The zero-order valence-electron chi connectivity index (χ0n) is 14.1. The fourth-order valence-corrected chi connectivity index (χ4v) is 2.36. The van der Waals surface area contributed by atoms with Crippen LogP contribution in [-0.4, -0.2) is 19.5 Å². The van der Waals surface area contributed by atoms with Gasteiger partial charge in [0, 0.05) is 18.4 Å². The Hall–Kier alpha value is -3.27. The Balaban J connectivity index is 1.54. The molecule has 4 nitrogen and oxygen atoms in total. The fraction of sp³-hybridized carbons (Fsp3) is 0.0952. The highest BCUT2D eigenvalue weighted by Crippen LogP contribution is 2.22. The maximum Gasteiger partial charge on any atom is 0.246 e. The summed E-state index contributed by atoms with van der Waals surface area (Å²) in [6, 6.07) is 26.7. The van der Waals surface area contributed by atoms with E-state index >= 15 is 0 Å². The first-order chi connectivity index (χ1) is 12.2. The molecule has 0 unspecified atom stereocenters. The highest BCUT2D eigenvalue weighted by Gasteiger charge is 2.10. The summed E-state index contributed by atoms with van der Waals surface area (Å²) in [6.07, 6.45) is 0. The summed E-state index contributed by atoms with van der Waals surface area (Å²) in [4.78, 5) is 13.9. The number of amides is 1. The van der Waals surface area contributed by atoms with E-state index in [2.05, 4.69) is 5.32 Å². The van der Waals surface area contributed by atoms with Crippen molar-refractivity contribution in [2.75, 3.05) is 23.8 Å². The first-order valence-corrected chi connectivity index (χ1v) is 8.11. The largest absolute Gasteiger partial charge is 0.457 e. The molecule has 3 aromatic carbocycles. The van der Waals surface area contributed by atoms with Crippen molar-refractivity contribution < 1.29 is 9.53 Å². The molecule has 0 fully saturated rings. The van der Waals surface area contributed by atoms with E-state index in [-0.39, 0.29) is 12.5 Å². The molecule has 126 valence electrons. The van der Waals surface area contributed by atoms with Crippen LogP contribution >= 0.6 is 0 Å². The van der Waals surface area contributed by atoms with Crippen molar-refractivity contribution in [2.45, 2.75) is 0 Å². The van der Waals surface area contributed by atoms with Crippen LogP contribution in [0.4, 0.5) is 11.4 Å². The summed E-state index contributed by atoms with van der Waals surface area (Å²) >= 11 is 0. The number of nitrogens with zero attached hydrogens (tertiary/aromatic N) is 1. The third kappa shape index (κ3) is 4.61. The zero-order chi connectivity index (χ0) is 17.5. The van der Waals surface area contributed by atoms with E-state index in [4.69, 9.17) is 4.74 Å². The van der Waals surface area contributed by atoms with E-state index in [9.17, 15) is 4.79 Å². The van der Waals surface area contributed by atoms with Crippen molar-refractivity contribution in [3.8, 4) is 11.5 Å². The van der Waals surface area contributed by atoms with E-state index in [0.717, 1.165) is 22.9 Å². The number of likely N-dealkylation sites (N-methyl/N-ethyl adjacent to an activating group) is 1.